The van der Waals surface area contributed by atoms with Crippen molar-refractivity contribution in [2.75, 3.05) is 0 Å². The van der Waals surface area contributed by atoms with Crippen LogP contribution in [-0.4, -0.2) is 6.16 Å². The van der Waals surface area contributed by atoms with Gasteiger partial charge in [-0.15, -0.1) is 0 Å². The zero-order valence-electron chi connectivity index (χ0n) is 22.9. The lowest BCUT2D eigenvalue weighted by atomic mass is 10.4. The lowest BCUT2D eigenvalue weighted by Crippen LogP contribution is -2.18. The van der Waals surface area contributed by atoms with E-state index in [2.05, 4.69) is 0 Å². The molecule has 5 heteroatoms. The van der Waals surface area contributed by atoms with Gasteiger partial charge in [0.2, 0.25) is 0 Å². The van der Waals surface area contributed by atoms with E-state index in [0.717, 1.165) is 29.4 Å². The predicted octanol–water partition coefficient (Wildman–Crippen LogP) is 10.9. The maximum atomic E-state index is 14.5. The summed E-state index contributed by atoms with van der Waals surface area (Å²) in [6.07, 6.45) is -0.729. The molecule has 0 fully saturated rings. The fourth-order valence-corrected chi connectivity index (χ4v) is 11.0. The highest BCUT2D eigenvalue weighted by Gasteiger charge is 2.41. The molecule has 0 N–H and O–H groups in total. The molecule has 0 saturated carbocycles. The molecule has 3 nitrogen and oxygen atoms in total. The summed E-state index contributed by atoms with van der Waals surface area (Å²) in [5, 5.41) is 0. The monoisotopic (exact) mass is 586 g/mol. The van der Waals surface area contributed by atoms with Crippen LogP contribution in [0.3, 0.4) is 0 Å². The van der Waals surface area contributed by atoms with Crippen molar-refractivity contribution < 1.29 is 13.2 Å². The number of carbonyl (C=O) groups excluding carboxylic acids is 1. The molecule has 0 radical (unpaired) electrons. The fourth-order valence-electron chi connectivity index (χ4n) is 5.00. The average Bonchev–Trinajstić information content (AvgIpc) is 3.08. The molecule has 0 spiro atoms. The number of carbonyl (C=O) groups is 1. The molecule has 0 atom stereocenters. The van der Waals surface area contributed by atoms with Crippen LogP contribution >= 0.6 is 20.6 Å². The van der Waals surface area contributed by atoms with Crippen LogP contribution in [0.2, 0.25) is 0 Å². The van der Waals surface area contributed by atoms with Crippen molar-refractivity contribution in [2.24, 2.45) is 0 Å². The SMILES string of the molecule is O=C(OS(c1ccccc1)(c1ccccc1)c1ccccc1)OS(c1ccccc1)(c1ccccc1)c1ccccc1. The van der Waals surface area contributed by atoms with Gasteiger partial charge >= 0.3 is 6.16 Å². The molecule has 0 aromatic heterocycles. The van der Waals surface area contributed by atoms with Gasteiger partial charge in [-0.05, 0) is 93.4 Å². The Morgan fingerprint density at radius 3 is 0.643 bits per heavy atom. The van der Waals surface area contributed by atoms with E-state index in [4.69, 9.17) is 8.37 Å². The third kappa shape index (κ3) is 5.20. The molecule has 0 bridgehead atoms. The van der Waals surface area contributed by atoms with Crippen molar-refractivity contribution in [3.8, 4) is 0 Å². The minimum absolute atomic E-state index is 0.729. The second kappa shape index (κ2) is 12.4. The lowest BCUT2D eigenvalue weighted by molar-refractivity contribution is 0.163. The number of hydrogen-bond acceptors (Lipinski definition) is 3. The molecule has 6 aromatic carbocycles. The minimum atomic E-state index is -2.51. The number of rotatable bonds is 8. The molecular weight excluding hydrogens is 557 g/mol. The standard InChI is InChI=1S/C37H30O3S2/c38-37(39-41(31-19-7-1-8-20-31,32-21-9-2-10-22-32)33-23-11-3-12-24-33)40-42(34-25-13-4-14-26-34,35-27-15-5-16-28-35)36-29-17-6-18-30-36/h1-30H. The van der Waals surface area contributed by atoms with Crippen molar-refractivity contribution in [2.45, 2.75) is 29.4 Å². The summed E-state index contributed by atoms with van der Waals surface area (Å²) in [5.41, 5.74) is 0. The van der Waals surface area contributed by atoms with Gasteiger partial charge in [0.05, 0.1) is 0 Å². The van der Waals surface area contributed by atoms with Crippen LogP contribution in [-0.2, 0) is 8.37 Å². The fraction of sp³-hybridized carbons (Fsp3) is 0. The second-order valence-corrected chi connectivity index (χ2v) is 14.8. The molecule has 0 amide bonds. The van der Waals surface area contributed by atoms with Gasteiger partial charge in [0.15, 0.2) is 0 Å². The first-order chi connectivity index (χ1) is 20.7. The van der Waals surface area contributed by atoms with E-state index >= 15 is 0 Å². The van der Waals surface area contributed by atoms with Gasteiger partial charge in [0.1, 0.15) is 0 Å². The maximum absolute atomic E-state index is 14.5. The quantitative estimate of drug-likeness (QED) is 0.178. The van der Waals surface area contributed by atoms with Gasteiger partial charge in [-0.2, -0.15) is 0 Å². The van der Waals surface area contributed by atoms with Crippen LogP contribution in [0.5, 0.6) is 0 Å². The molecular formula is C37H30O3S2. The zero-order valence-corrected chi connectivity index (χ0v) is 24.5. The highest BCUT2D eigenvalue weighted by atomic mass is 32.3. The summed E-state index contributed by atoms with van der Waals surface area (Å²) in [4.78, 5) is 19.9. The first-order valence-corrected chi connectivity index (χ1v) is 16.8. The summed E-state index contributed by atoms with van der Waals surface area (Å²) in [6.45, 7) is 0. The van der Waals surface area contributed by atoms with Crippen molar-refractivity contribution in [1.82, 2.24) is 0 Å². The van der Waals surface area contributed by atoms with Gasteiger partial charge in [0, 0.05) is 29.4 Å². The largest absolute Gasteiger partial charge is 0.531 e. The number of hydrogen-bond donors (Lipinski definition) is 0. The molecule has 0 aliphatic heterocycles. The Bertz CT molecular complexity index is 1390. The van der Waals surface area contributed by atoms with Gasteiger partial charge in [-0.25, -0.2) is 4.79 Å². The smallest absolute Gasteiger partial charge is 0.369 e. The van der Waals surface area contributed by atoms with E-state index in [1.807, 2.05) is 182 Å². The van der Waals surface area contributed by atoms with Crippen LogP contribution in [0.1, 0.15) is 0 Å². The Labute approximate surface area is 250 Å². The van der Waals surface area contributed by atoms with Crippen LogP contribution in [0.25, 0.3) is 0 Å². The van der Waals surface area contributed by atoms with E-state index in [1.165, 1.54) is 0 Å². The summed E-state index contributed by atoms with van der Waals surface area (Å²) < 4.78 is 13.5. The first kappa shape index (κ1) is 27.5. The van der Waals surface area contributed by atoms with Gasteiger partial charge in [-0.1, -0.05) is 109 Å². The molecule has 208 valence electrons. The van der Waals surface area contributed by atoms with E-state index in [-0.39, 0.29) is 0 Å². The first-order valence-electron chi connectivity index (χ1n) is 13.6. The summed E-state index contributed by atoms with van der Waals surface area (Å²) in [6, 6.07) is 59.8. The highest BCUT2D eigenvalue weighted by molar-refractivity contribution is 8.31. The van der Waals surface area contributed by atoms with Crippen molar-refractivity contribution >= 4 is 26.8 Å². The summed E-state index contributed by atoms with van der Waals surface area (Å²) in [5.74, 6) is 0. The van der Waals surface area contributed by atoms with Crippen molar-refractivity contribution in [3.05, 3.63) is 182 Å². The van der Waals surface area contributed by atoms with E-state index in [1.54, 1.807) is 0 Å². The van der Waals surface area contributed by atoms with Crippen LogP contribution in [0.4, 0.5) is 4.79 Å². The zero-order chi connectivity index (χ0) is 28.7. The molecule has 0 unspecified atom stereocenters. The van der Waals surface area contributed by atoms with E-state index < -0.39 is 26.8 Å². The molecule has 0 heterocycles. The Kier molecular flexibility index (Phi) is 8.13. The van der Waals surface area contributed by atoms with Crippen LogP contribution in [0.15, 0.2) is 211 Å². The predicted molar refractivity (Wildman–Crippen MR) is 171 cm³/mol. The van der Waals surface area contributed by atoms with Crippen LogP contribution < -0.4 is 0 Å². The highest BCUT2D eigenvalue weighted by Crippen LogP contribution is 2.72. The molecule has 0 aliphatic rings. The third-order valence-electron chi connectivity index (χ3n) is 6.84. The summed E-state index contributed by atoms with van der Waals surface area (Å²) in [7, 11) is -5.02. The Morgan fingerprint density at radius 2 is 0.476 bits per heavy atom. The Balaban J connectivity index is 1.55. The average molecular weight is 587 g/mol. The Morgan fingerprint density at radius 1 is 0.310 bits per heavy atom. The number of benzene rings is 6. The van der Waals surface area contributed by atoms with Gasteiger partial charge in [0.25, 0.3) is 0 Å². The Hall–Kier alpha value is -4.71. The van der Waals surface area contributed by atoms with Crippen LogP contribution in [0, 0.1) is 0 Å². The molecule has 42 heavy (non-hydrogen) atoms. The van der Waals surface area contributed by atoms with E-state index in [9.17, 15) is 4.79 Å². The molecule has 0 aliphatic carbocycles. The molecule has 6 rings (SSSR count). The molecule has 0 saturated heterocycles. The van der Waals surface area contributed by atoms with Crippen molar-refractivity contribution in [1.29, 1.82) is 0 Å². The second-order valence-electron chi connectivity index (χ2n) is 9.41. The van der Waals surface area contributed by atoms with Gasteiger partial charge < -0.3 is 8.37 Å². The molecule has 6 aromatic rings. The lowest BCUT2D eigenvalue weighted by Gasteiger charge is -2.43. The normalized spacial score (nSPS) is 12.2. The van der Waals surface area contributed by atoms with E-state index in [0.29, 0.717) is 0 Å². The maximum Gasteiger partial charge on any atom is 0.531 e. The minimum Gasteiger partial charge on any atom is -0.369 e. The van der Waals surface area contributed by atoms with Gasteiger partial charge in [-0.3, -0.25) is 0 Å². The van der Waals surface area contributed by atoms with Crippen molar-refractivity contribution in [3.63, 3.8) is 0 Å². The third-order valence-corrected chi connectivity index (χ3v) is 13.2. The summed E-state index contributed by atoms with van der Waals surface area (Å²) >= 11 is 0. The topological polar surface area (TPSA) is 35.5 Å².